The standard InChI is InChI=1S/C20H25N3O2/c1-4-17-18(16-7-6-14(2)15(3)12-16)23(20(25)19(17)24)10-5-9-22-11-8-21-13-22/h6-8,11-13,17-18H,4-5,9-10H2,1-3H3. The van der Waals surface area contributed by atoms with Crippen molar-refractivity contribution in [3.63, 3.8) is 0 Å². The van der Waals surface area contributed by atoms with Crippen molar-refractivity contribution < 1.29 is 9.59 Å². The second-order valence-electron chi connectivity index (χ2n) is 6.82. The summed E-state index contributed by atoms with van der Waals surface area (Å²) in [6.07, 6.45) is 6.90. The van der Waals surface area contributed by atoms with Gasteiger partial charge in [-0.1, -0.05) is 25.1 Å². The van der Waals surface area contributed by atoms with Crippen LogP contribution in [0.25, 0.3) is 0 Å². The first-order valence-corrected chi connectivity index (χ1v) is 8.90. The van der Waals surface area contributed by atoms with E-state index in [-0.39, 0.29) is 23.7 Å². The van der Waals surface area contributed by atoms with Crippen LogP contribution >= 0.6 is 0 Å². The van der Waals surface area contributed by atoms with E-state index >= 15 is 0 Å². The van der Waals surface area contributed by atoms with Crippen molar-refractivity contribution >= 4 is 11.7 Å². The fourth-order valence-electron chi connectivity index (χ4n) is 3.64. The van der Waals surface area contributed by atoms with E-state index in [1.54, 1.807) is 17.4 Å². The highest BCUT2D eigenvalue weighted by Crippen LogP contribution is 2.38. The molecule has 1 aliphatic heterocycles. The minimum atomic E-state index is -0.333. The number of imidazole rings is 1. The largest absolute Gasteiger partial charge is 0.337 e. The predicted octanol–water partition coefficient (Wildman–Crippen LogP) is 3.07. The number of hydrogen-bond acceptors (Lipinski definition) is 3. The lowest BCUT2D eigenvalue weighted by Gasteiger charge is -2.28. The summed E-state index contributed by atoms with van der Waals surface area (Å²) in [5, 5.41) is 0. The maximum atomic E-state index is 12.6. The van der Waals surface area contributed by atoms with Gasteiger partial charge in [0, 0.05) is 25.5 Å². The third-order valence-electron chi connectivity index (χ3n) is 5.21. The third kappa shape index (κ3) is 3.36. The number of likely N-dealkylation sites (tertiary alicyclic amines) is 1. The van der Waals surface area contributed by atoms with E-state index in [0.717, 1.165) is 18.5 Å². The highest BCUT2D eigenvalue weighted by Gasteiger charge is 2.46. The smallest absolute Gasteiger partial charge is 0.290 e. The topological polar surface area (TPSA) is 55.2 Å². The number of Topliss-reactive ketones (excluding diaryl/α,β-unsaturated/α-hetero) is 1. The Kier molecular flexibility index (Phi) is 5.02. The van der Waals surface area contributed by atoms with Crippen molar-refractivity contribution in [1.29, 1.82) is 0 Å². The van der Waals surface area contributed by atoms with Crippen molar-refractivity contribution in [2.75, 3.05) is 6.54 Å². The summed E-state index contributed by atoms with van der Waals surface area (Å²) in [5.74, 6) is -0.822. The predicted molar refractivity (Wildman–Crippen MR) is 96.0 cm³/mol. The van der Waals surface area contributed by atoms with E-state index in [0.29, 0.717) is 13.0 Å². The molecule has 1 amide bonds. The van der Waals surface area contributed by atoms with Gasteiger partial charge < -0.3 is 9.47 Å². The molecule has 2 atom stereocenters. The lowest BCUT2D eigenvalue weighted by molar-refractivity contribution is -0.141. The molecule has 1 aromatic carbocycles. The zero-order chi connectivity index (χ0) is 18.0. The second-order valence-corrected chi connectivity index (χ2v) is 6.82. The molecule has 3 rings (SSSR count). The Hall–Kier alpha value is -2.43. The van der Waals surface area contributed by atoms with Crippen LogP contribution in [0, 0.1) is 19.8 Å². The van der Waals surface area contributed by atoms with Crippen molar-refractivity contribution in [1.82, 2.24) is 14.5 Å². The van der Waals surface area contributed by atoms with Crippen molar-refractivity contribution in [2.45, 2.75) is 46.2 Å². The number of aryl methyl sites for hydroxylation is 3. The van der Waals surface area contributed by atoms with Crippen molar-refractivity contribution in [2.24, 2.45) is 5.92 Å². The van der Waals surface area contributed by atoms with Gasteiger partial charge in [-0.05, 0) is 43.4 Å². The average Bonchev–Trinajstić information content (AvgIpc) is 3.19. The Morgan fingerprint density at radius 3 is 2.56 bits per heavy atom. The monoisotopic (exact) mass is 339 g/mol. The van der Waals surface area contributed by atoms with Crippen LogP contribution in [0.2, 0.25) is 0 Å². The summed E-state index contributed by atoms with van der Waals surface area (Å²) in [4.78, 5) is 30.8. The lowest BCUT2D eigenvalue weighted by Crippen LogP contribution is -2.31. The van der Waals surface area contributed by atoms with Gasteiger partial charge in [0.05, 0.1) is 18.3 Å². The van der Waals surface area contributed by atoms with Gasteiger partial charge in [0.25, 0.3) is 5.91 Å². The number of aromatic nitrogens is 2. The van der Waals surface area contributed by atoms with Crippen LogP contribution in [0.15, 0.2) is 36.9 Å². The molecule has 0 bridgehead atoms. The molecule has 2 heterocycles. The molecular weight excluding hydrogens is 314 g/mol. The third-order valence-corrected chi connectivity index (χ3v) is 5.21. The molecule has 0 N–H and O–H groups in total. The molecule has 5 nitrogen and oxygen atoms in total. The number of ketones is 1. The van der Waals surface area contributed by atoms with Gasteiger partial charge >= 0.3 is 0 Å². The average molecular weight is 339 g/mol. The Balaban J connectivity index is 1.83. The van der Waals surface area contributed by atoms with E-state index < -0.39 is 0 Å². The molecule has 1 saturated heterocycles. The van der Waals surface area contributed by atoms with Crippen LogP contribution in [-0.2, 0) is 16.1 Å². The zero-order valence-corrected chi connectivity index (χ0v) is 15.1. The van der Waals surface area contributed by atoms with Gasteiger partial charge in [0.1, 0.15) is 0 Å². The van der Waals surface area contributed by atoms with E-state index in [9.17, 15) is 9.59 Å². The van der Waals surface area contributed by atoms with Crippen LogP contribution in [-0.4, -0.2) is 32.7 Å². The molecule has 1 aromatic heterocycles. The SMILES string of the molecule is CCC1C(=O)C(=O)N(CCCn2ccnc2)C1c1ccc(C)c(C)c1. The van der Waals surface area contributed by atoms with Gasteiger partial charge in [0.15, 0.2) is 0 Å². The van der Waals surface area contributed by atoms with Gasteiger partial charge in [-0.25, -0.2) is 4.98 Å². The zero-order valence-electron chi connectivity index (χ0n) is 15.1. The number of hydrogen-bond donors (Lipinski definition) is 0. The first-order chi connectivity index (χ1) is 12.0. The van der Waals surface area contributed by atoms with Gasteiger partial charge in [-0.2, -0.15) is 0 Å². The molecule has 5 heteroatoms. The molecule has 132 valence electrons. The molecule has 25 heavy (non-hydrogen) atoms. The van der Waals surface area contributed by atoms with Gasteiger partial charge in [-0.3, -0.25) is 9.59 Å². The van der Waals surface area contributed by atoms with Gasteiger partial charge in [0.2, 0.25) is 5.78 Å². The molecule has 2 unspecified atom stereocenters. The Labute approximate surface area is 148 Å². The summed E-state index contributed by atoms with van der Waals surface area (Å²) >= 11 is 0. The fraction of sp³-hybridized carbons (Fsp3) is 0.450. The van der Waals surface area contributed by atoms with Crippen LogP contribution in [0.1, 0.15) is 42.5 Å². The van der Waals surface area contributed by atoms with Crippen LogP contribution in [0.5, 0.6) is 0 Å². The number of amides is 1. The Morgan fingerprint density at radius 1 is 1.12 bits per heavy atom. The summed E-state index contributed by atoms with van der Waals surface area (Å²) in [5.41, 5.74) is 3.48. The molecule has 0 aliphatic carbocycles. The Morgan fingerprint density at radius 2 is 1.92 bits per heavy atom. The summed E-state index contributed by atoms with van der Waals surface area (Å²) < 4.78 is 1.99. The number of benzene rings is 1. The van der Waals surface area contributed by atoms with Crippen molar-refractivity contribution in [3.05, 3.63) is 53.6 Å². The van der Waals surface area contributed by atoms with Crippen LogP contribution in [0.3, 0.4) is 0 Å². The number of rotatable bonds is 6. The lowest BCUT2D eigenvalue weighted by atomic mass is 9.89. The van der Waals surface area contributed by atoms with E-state index in [1.165, 1.54) is 11.1 Å². The van der Waals surface area contributed by atoms with Crippen molar-refractivity contribution in [3.8, 4) is 0 Å². The molecule has 1 fully saturated rings. The van der Waals surface area contributed by atoms with Crippen LogP contribution < -0.4 is 0 Å². The Bertz CT molecular complexity index is 767. The maximum Gasteiger partial charge on any atom is 0.290 e. The highest BCUT2D eigenvalue weighted by molar-refractivity contribution is 6.39. The molecule has 0 saturated carbocycles. The van der Waals surface area contributed by atoms with E-state index in [1.807, 2.05) is 17.7 Å². The number of nitrogens with zero attached hydrogens (tertiary/aromatic N) is 3. The second kappa shape index (κ2) is 7.21. The summed E-state index contributed by atoms with van der Waals surface area (Å²) in [6.45, 7) is 7.50. The molecule has 0 spiro atoms. The van der Waals surface area contributed by atoms with E-state index in [4.69, 9.17) is 0 Å². The minimum Gasteiger partial charge on any atom is -0.337 e. The quantitative estimate of drug-likeness (QED) is 0.760. The maximum absolute atomic E-state index is 12.6. The van der Waals surface area contributed by atoms with Gasteiger partial charge in [-0.15, -0.1) is 0 Å². The first kappa shape index (κ1) is 17.4. The summed E-state index contributed by atoms with van der Waals surface area (Å²) in [6, 6.07) is 6.11. The van der Waals surface area contributed by atoms with Crippen LogP contribution in [0.4, 0.5) is 0 Å². The van der Waals surface area contributed by atoms with E-state index in [2.05, 4.69) is 37.0 Å². The summed E-state index contributed by atoms with van der Waals surface area (Å²) in [7, 11) is 0. The number of carbonyl (C=O) groups excluding carboxylic acids is 2. The normalized spacial score (nSPS) is 20.5. The number of carbonyl (C=O) groups is 2. The molecule has 0 radical (unpaired) electrons. The first-order valence-electron chi connectivity index (χ1n) is 8.90. The highest BCUT2D eigenvalue weighted by atomic mass is 16.2. The minimum absolute atomic E-state index is 0.146. The molecule has 1 aliphatic rings. The fourth-order valence-corrected chi connectivity index (χ4v) is 3.64. The molecule has 2 aromatic rings. The molecular formula is C20H25N3O2.